The lowest BCUT2D eigenvalue weighted by Gasteiger charge is -2.20. The summed E-state index contributed by atoms with van der Waals surface area (Å²) in [5.41, 5.74) is 2.80. The van der Waals surface area contributed by atoms with Gasteiger partial charge in [-0.25, -0.2) is 15.0 Å². The van der Waals surface area contributed by atoms with Gasteiger partial charge in [0.2, 0.25) is 11.9 Å². The smallest absolute Gasteiger partial charge is 0.243 e. The highest BCUT2D eigenvalue weighted by atomic mass is 35.5. The number of rotatable bonds is 9. The van der Waals surface area contributed by atoms with Crippen LogP contribution in [0.2, 0.25) is 10.0 Å². The van der Waals surface area contributed by atoms with Crippen LogP contribution >= 0.6 is 23.2 Å². The predicted molar refractivity (Wildman–Crippen MR) is 162 cm³/mol. The molecule has 1 unspecified atom stereocenters. The number of benzene rings is 1. The number of nitrogens with zero attached hydrogens (tertiary/aromatic N) is 5. The van der Waals surface area contributed by atoms with Gasteiger partial charge in [0.15, 0.2) is 0 Å². The summed E-state index contributed by atoms with van der Waals surface area (Å²) >= 11 is 13.5. The number of anilines is 1. The van der Waals surface area contributed by atoms with Crippen LogP contribution in [0.5, 0.6) is 11.5 Å². The number of hydrogen-bond acceptors (Lipinski definition) is 10. The fourth-order valence-electron chi connectivity index (χ4n) is 5.19. The number of halogens is 2. The molecule has 0 bridgehead atoms. The number of pyridine rings is 1. The zero-order chi connectivity index (χ0) is 30.1. The van der Waals surface area contributed by atoms with E-state index in [4.69, 9.17) is 52.1 Å². The van der Waals surface area contributed by atoms with Crippen molar-refractivity contribution < 1.29 is 23.7 Å². The zero-order valence-corrected chi connectivity index (χ0v) is 25.0. The summed E-state index contributed by atoms with van der Waals surface area (Å²) in [6, 6.07) is 3.05. The lowest BCUT2D eigenvalue weighted by atomic mass is 10.1. The molecule has 2 fully saturated rings. The highest BCUT2D eigenvalue weighted by molar-refractivity contribution is 6.41. The lowest BCUT2D eigenvalue weighted by molar-refractivity contribution is -0.117. The Bertz CT molecular complexity index is 1660. The molecule has 5 heterocycles. The second-order valence-corrected chi connectivity index (χ2v) is 10.9. The monoisotopic (exact) mass is 625 g/mol. The van der Waals surface area contributed by atoms with Crippen LogP contribution in [0.4, 0.5) is 5.95 Å². The Morgan fingerprint density at radius 3 is 2.53 bits per heavy atom. The number of aromatic nitrogens is 5. The maximum absolute atomic E-state index is 11.9. The molecule has 1 amide bonds. The Labute approximate surface area is 257 Å². The number of ether oxygens (including phenoxy) is 4. The Balaban J connectivity index is 1.47. The Morgan fingerprint density at radius 2 is 1.84 bits per heavy atom. The van der Waals surface area contributed by atoms with Crippen LogP contribution in [0.3, 0.4) is 0 Å². The molecule has 0 spiro atoms. The van der Waals surface area contributed by atoms with E-state index in [9.17, 15) is 4.79 Å². The predicted octanol–water partition coefficient (Wildman–Crippen LogP) is 4.32. The van der Waals surface area contributed by atoms with Crippen LogP contribution in [-0.4, -0.2) is 83.4 Å². The largest absolute Gasteiger partial charge is 0.495 e. The van der Waals surface area contributed by atoms with Crippen LogP contribution < -0.4 is 20.1 Å². The van der Waals surface area contributed by atoms with E-state index in [-0.39, 0.29) is 34.1 Å². The summed E-state index contributed by atoms with van der Waals surface area (Å²) < 4.78 is 24.0. The van der Waals surface area contributed by atoms with Gasteiger partial charge in [-0.05, 0) is 18.6 Å². The first-order chi connectivity index (χ1) is 20.9. The van der Waals surface area contributed by atoms with Gasteiger partial charge in [0, 0.05) is 41.6 Å². The molecular formula is C29H29Cl2N7O5. The molecule has 3 atom stereocenters. The van der Waals surface area contributed by atoms with Crippen molar-refractivity contribution >= 4 is 46.0 Å². The van der Waals surface area contributed by atoms with Gasteiger partial charge in [-0.1, -0.05) is 29.8 Å². The Kier molecular flexibility index (Phi) is 8.35. The molecule has 2 saturated heterocycles. The third-order valence-corrected chi connectivity index (χ3v) is 8.21. The van der Waals surface area contributed by atoms with Crippen molar-refractivity contribution in [2.45, 2.75) is 24.5 Å². The molecule has 2 aliphatic heterocycles. The molecule has 2 aliphatic rings. The number of fused-ring (bicyclic) bond motifs is 1. The molecule has 1 aromatic carbocycles. The quantitative estimate of drug-likeness (QED) is 0.259. The van der Waals surface area contributed by atoms with Crippen LogP contribution in [0.25, 0.3) is 33.4 Å². The van der Waals surface area contributed by atoms with E-state index in [1.54, 1.807) is 18.5 Å². The fraction of sp³-hybridized carbons (Fsp3) is 0.345. The molecule has 2 N–H and O–H groups in total. The van der Waals surface area contributed by atoms with Crippen molar-refractivity contribution in [3.05, 3.63) is 53.4 Å². The van der Waals surface area contributed by atoms with Crippen molar-refractivity contribution in [3.8, 4) is 34.0 Å². The molecule has 0 saturated carbocycles. The molecule has 224 valence electrons. The summed E-state index contributed by atoms with van der Waals surface area (Å²) in [5.74, 6) is 0.857. The van der Waals surface area contributed by atoms with Gasteiger partial charge < -0.3 is 29.6 Å². The van der Waals surface area contributed by atoms with E-state index in [0.29, 0.717) is 71.7 Å². The molecule has 14 heteroatoms. The standard InChI is InChI=1S/C29H29Cl2N7O5/c1-4-23(39)34-19-13-43-14-20(19)36-29-32-9-15-7-18(24-25(30)21(40-2)8-22(41-3)26(24)31)35-28(27(15)37-29)16-10-33-38(11-16)17-5-6-42-12-17/h4,7-11,17,19-20H,1,5-6,12-14H2,2-3H3,(H,34,39)(H,32,36,37)/t17?,19-,20+/m0/s1. The molecule has 3 aromatic heterocycles. The van der Waals surface area contributed by atoms with Crippen molar-refractivity contribution in [2.24, 2.45) is 0 Å². The van der Waals surface area contributed by atoms with Crippen molar-refractivity contribution in [3.63, 3.8) is 0 Å². The molecular weight excluding hydrogens is 597 g/mol. The summed E-state index contributed by atoms with van der Waals surface area (Å²) in [6.45, 7) is 5.53. The van der Waals surface area contributed by atoms with Gasteiger partial charge in [0.05, 0.1) is 74.1 Å². The van der Waals surface area contributed by atoms with Crippen LogP contribution in [0.15, 0.2) is 43.4 Å². The maximum Gasteiger partial charge on any atom is 0.243 e. The maximum atomic E-state index is 11.9. The fourth-order valence-corrected chi connectivity index (χ4v) is 5.88. The molecule has 12 nitrogen and oxygen atoms in total. The zero-order valence-electron chi connectivity index (χ0n) is 23.5. The minimum absolute atomic E-state index is 0.131. The molecule has 43 heavy (non-hydrogen) atoms. The Morgan fingerprint density at radius 1 is 1.07 bits per heavy atom. The van der Waals surface area contributed by atoms with Gasteiger partial charge in [0.1, 0.15) is 22.7 Å². The van der Waals surface area contributed by atoms with E-state index in [0.717, 1.165) is 12.0 Å². The van der Waals surface area contributed by atoms with Gasteiger partial charge in [-0.3, -0.25) is 9.48 Å². The van der Waals surface area contributed by atoms with Crippen LogP contribution in [0, 0.1) is 0 Å². The number of amides is 1. The number of nitrogens with one attached hydrogen (secondary N) is 2. The molecule has 4 aromatic rings. The normalized spacial score (nSPS) is 19.9. The van der Waals surface area contributed by atoms with Crippen LogP contribution in [-0.2, 0) is 14.3 Å². The number of carbonyl (C=O) groups excluding carboxylic acids is 1. The minimum Gasteiger partial charge on any atom is -0.495 e. The van der Waals surface area contributed by atoms with E-state index < -0.39 is 0 Å². The Hall–Kier alpha value is -3.97. The second-order valence-electron chi connectivity index (χ2n) is 10.1. The van der Waals surface area contributed by atoms with Gasteiger partial charge >= 0.3 is 0 Å². The number of carbonyl (C=O) groups is 1. The van der Waals surface area contributed by atoms with Crippen LogP contribution in [0.1, 0.15) is 12.5 Å². The third-order valence-electron chi connectivity index (χ3n) is 7.46. The average Bonchev–Trinajstić information content (AvgIpc) is 3.80. The molecule has 0 radical (unpaired) electrons. The highest BCUT2D eigenvalue weighted by Crippen LogP contribution is 2.46. The van der Waals surface area contributed by atoms with Crippen molar-refractivity contribution in [1.29, 1.82) is 0 Å². The number of methoxy groups -OCH3 is 2. The van der Waals surface area contributed by atoms with Gasteiger partial charge in [-0.15, -0.1) is 0 Å². The lowest BCUT2D eigenvalue weighted by Crippen LogP contribution is -2.45. The van der Waals surface area contributed by atoms with Gasteiger partial charge in [0.25, 0.3) is 0 Å². The van der Waals surface area contributed by atoms with E-state index in [1.165, 1.54) is 20.3 Å². The summed E-state index contributed by atoms with van der Waals surface area (Å²) in [4.78, 5) is 26.3. The summed E-state index contributed by atoms with van der Waals surface area (Å²) in [5, 5.41) is 12.1. The molecule has 0 aliphatic carbocycles. The van der Waals surface area contributed by atoms with Crippen molar-refractivity contribution in [1.82, 2.24) is 30.0 Å². The SMILES string of the molecule is C=CC(=O)N[C@H]1COC[C@H]1Nc1ncc2cc(-c3c(Cl)c(OC)cc(OC)c3Cl)nc(-c3cnn(C4CCOC4)c3)c2n1. The highest BCUT2D eigenvalue weighted by Gasteiger charge is 2.30. The first-order valence-corrected chi connectivity index (χ1v) is 14.3. The topological polar surface area (TPSA) is 135 Å². The third kappa shape index (κ3) is 5.70. The molecule has 6 rings (SSSR count). The van der Waals surface area contributed by atoms with E-state index in [2.05, 4.69) is 27.3 Å². The summed E-state index contributed by atoms with van der Waals surface area (Å²) in [6.07, 6.45) is 7.47. The van der Waals surface area contributed by atoms with Crippen molar-refractivity contribution in [2.75, 3.05) is 46.0 Å². The van der Waals surface area contributed by atoms with Gasteiger partial charge in [-0.2, -0.15) is 5.10 Å². The average molecular weight is 627 g/mol. The first kappa shape index (κ1) is 29.1. The van der Waals surface area contributed by atoms with E-state index in [1.807, 2.05) is 16.9 Å². The van der Waals surface area contributed by atoms with E-state index >= 15 is 0 Å². The second kappa shape index (κ2) is 12.3. The summed E-state index contributed by atoms with van der Waals surface area (Å²) in [7, 11) is 3.04. The number of hydrogen-bond donors (Lipinski definition) is 2. The minimum atomic E-state index is -0.281. The first-order valence-electron chi connectivity index (χ1n) is 13.6.